The van der Waals surface area contributed by atoms with Gasteiger partial charge in [-0.1, -0.05) is 0 Å². The van der Waals surface area contributed by atoms with Crippen LogP contribution in [-0.4, -0.2) is 19.2 Å². The summed E-state index contributed by atoms with van der Waals surface area (Å²) in [5.74, 6) is 1.59. The topological polar surface area (TPSA) is 31.4 Å². The average molecular weight is 314 g/mol. The number of aryl methyl sites for hydroxylation is 1. The maximum absolute atomic E-state index is 5.34. The summed E-state index contributed by atoms with van der Waals surface area (Å²) in [7, 11) is 3.30. The average Bonchev–Trinajstić information content (AvgIpc) is 2.68. The van der Waals surface area contributed by atoms with Gasteiger partial charge in [-0.05, 0) is 41.1 Å². The zero-order valence-electron chi connectivity index (χ0n) is 9.78. The van der Waals surface area contributed by atoms with Gasteiger partial charge in [-0.15, -0.1) is 11.3 Å². The van der Waals surface area contributed by atoms with E-state index in [9.17, 15) is 0 Å². The lowest BCUT2D eigenvalue weighted by Crippen LogP contribution is -1.90. The number of methoxy groups -OCH3 is 2. The summed E-state index contributed by atoms with van der Waals surface area (Å²) in [5, 5.41) is 0.921. The number of nitrogens with zero attached hydrogens (tertiary/aromatic N) is 1. The molecule has 0 fully saturated rings. The molecule has 1 aromatic carbocycles. The molecule has 1 aromatic heterocycles. The molecule has 2 rings (SSSR count). The molecule has 0 spiro atoms. The van der Waals surface area contributed by atoms with Crippen molar-refractivity contribution < 1.29 is 9.47 Å². The van der Waals surface area contributed by atoms with E-state index in [2.05, 4.69) is 20.9 Å². The van der Waals surface area contributed by atoms with Crippen molar-refractivity contribution >= 4 is 27.3 Å². The number of hydrogen-bond donors (Lipinski definition) is 0. The number of aromatic nitrogens is 1. The monoisotopic (exact) mass is 313 g/mol. The van der Waals surface area contributed by atoms with E-state index >= 15 is 0 Å². The fourth-order valence-corrected chi connectivity index (χ4v) is 2.84. The van der Waals surface area contributed by atoms with Crippen LogP contribution in [0.25, 0.3) is 10.6 Å². The van der Waals surface area contributed by atoms with Gasteiger partial charge in [-0.25, -0.2) is 4.98 Å². The Morgan fingerprint density at radius 1 is 1.24 bits per heavy atom. The molecule has 0 aliphatic rings. The van der Waals surface area contributed by atoms with Gasteiger partial charge in [0.25, 0.3) is 0 Å². The number of rotatable bonds is 3. The van der Waals surface area contributed by atoms with Gasteiger partial charge in [0.15, 0.2) is 0 Å². The highest BCUT2D eigenvalue weighted by atomic mass is 79.9. The van der Waals surface area contributed by atoms with Gasteiger partial charge < -0.3 is 9.47 Å². The Balaban J connectivity index is 2.55. The Labute approximate surface area is 113 Å². The second-order valence-electron chi connectivity index (χ2n) is 3.44. The van der Waals surface area contributed by atoms with Crippen LogP contribution in [0, 0.1) is 6.92 Å². The van der Waals surface area contributed by atoms with Crippen LogP contribution in [0.1, 0.15) is 5.69 Å². The molecular weight excluding hydrogens is 302 g/mol. The van der Waals surface area contributed by atoms with Crippen molar-refractivity contribution in [3.05, 3.63) is 27.7 Å². The lowest BCUT2D eigenvalue weighted by Gasteiger charge is -2.07. The molecule has 0 unspecified atom stereocenters. The number of benzene rings is 1. The molecule has 0 amide bonds. The van der Waals surface area contributed by atoms with E-state index in [4.69, 9.17) is 9.47 Å². The SMILES string of the molecule is COc1ccc(OC)c(-c2nc(C)c(Br)s2)c1. The third kappa shape index (κ3) is 2.45. The number of ether oxygens (including phenoxy) is 2. The van der Waals surface area contributed by atoms with Crippen LogP contribution < -0.4 is 9.47 Å². The normalized spacial score (nSPS) is 10.4. The van der Waals surface area contributed by atoms with Crippen molar-refractivity contribution in [3.63, 3.8) is 0 Å². The zero-order valence-corrected chi connectivity index (χ0v) is 12.2. The van der Waals surface area contributed by atoms with Crippen LogP contribution in [0.15, 0.2) is 22.0 Å². The highest BCUT2D eigenvalue weighted by molar-refractivity contribution is 9.11. The zero-order chi connectivity index (χ0) is 12.4. The summed E-state index contributed by atoms with van der Waals surface area (Å²) in [5.41, 5.74) is 1.93. The maximum atomic E-state index is 5.34. The molecule has 3 nitrogen and oxygen atoms in total. The molecule has 0 saturated heterocycles. The number of halogens is 1. The highest BCUT2D eigenvalue weighted by Gasteiger charge is 2.13. The van der Waals surface area contributed by atoms with E-state index in [0.717, 1.165) is 31.6 Å². The van der Waals surface area contributed by atoms with Gasteiger partial charge in [0.2, 0.25) is 0 Å². The van der Waals surface area contributed by atoms with Crippen molar-refractivity contribution in [1.82, 2.24) is 4.98 Å². The largest absolute Gasteiger partial charge is 0.497 e. The Hall–Kier alpha value is -1.07. The third-order valence-corrected chi connectivity index (χ3v) is 4.42. The summed E-state index contributed by atoms with van der Waals surface area (Å²) in [6.45, 7) is 1.97. The van der Waals surface area contributed by atoms with Gasteiger partial charge in [-0.3, -0.25) is 0 Å². The predicted molar refractivity (Wildman–Crippen MR) is 73.1 cm³/mol. The Kier molecular flexibility index (Phi) is 3.69. The standard InChI is InChI=1S/C12H12BrNO2S/c1-7-11(13)17-12(14-7)9-6-8(15-2)4-5-10(9)16-3/h4-6H,1-3H3. The summed E-state index contributed by atoms with van der Waals surface area (Å²) in [6.07, 6.45) is 0. The molecule has 1 heterocycles. The first-order valence-electron chi connectivity index (χ1n) is 5.01. The fourth-order valence-electron chi connectivity index (χ4n) is 1.47. The molecule has 0 saturated carbocycles. The van der Waals surface area contributed by atoms with Gasteiger partial charge in [0.1, 0.15) is 16.5 Å². The van der Waals surface area contributed by atoms with Crippen LogP contribution >= 0.6 is 27.3 Å². The molecule has 0 aliphatic heterocycles. The van der Waals surface area contributed by atoms with E-state index in [1.165, 1.54) is 0 Å². The lowest BCUT2D eigenvalue weighted by atomic mass is 10.2. The smallest absolute Gasteiger partial charge is 0.129 e. The van der Waals surface area contributed by atoms with Gasteiger partial charge in [0, 0.05) is 0 Å². The van der Waals surface area contributed by atoms with Crippen molar-refractivity contribution in [2.45, 2.75) is 6.92 Å². The molecule has 17 heavy (non-hydrogen) atoms. The van der Waals surface area contributed by atoms with Crippen LogP contribution in [0.5, 0.6) is 11.5 Å². The van der Waals surface area contributed by atoms with Crippen LogP contribution in [0.2, 0.25) is 0 Å². The van der Waals surface area contributed by atoms with Crippen molar-refractivity contribution in [2.24, 2.45) is 0 Å². The Morgan fingerprint density at radius 2 is 2.00 bits per heavy atom. The first kappa shape index (κ1) is 12.4. The van der Waals surface area contributed by atoms with Gasteiger partial charge >= 0.3 is 0 Å². The van der Waals surface area contributed by atoms with Crippen LogP contribution in [0.4, 0.5) is 0 Å². The van der Waals surface area contributed by atoms with E-state index < -0.39 is 0 Å². The Morgan fingerprint density at radius 3 is 2.53 bits per heavy atom. The molecule has 0 N–H and O–H groups in total. The summed E-state index contributed by atoms with van der Waals surface area (Å²) < 4.78 is 11.6. The molecular formula is C12H12BrNO2S. The molecule has 5 heteroatoms. The minimum atomic E-state index is 0.796. The molecule has 0 atom stereocenters. The van der Waals surface area contributed by atoms with E-state index in [1.54, 1.807) is 25.6 Å². The predicted octanol–water partition coefficient (Wildman–Crippen LogP) is 3.90. The number of hydrogen-bond acceptors (Lipinski definition) is 4. The van der Waals surface area contributed by atoms with E-state index in [0.29, 0.717) is 0 Å². The van der Waals surface area contributed by atoms with Gasteiger partial charge in [-0.2, -0.15) is 0 Å². The minimum Gasteiger partial charge on any atom is -0.497 e. The second kappa shape index (κ2) is 5.06. The van der Waals surface area contributed by atoms with Crippen molar-refractivity contribution in [2.75, 3.05) is 14.2 Å². The molecule has 0 radical (unpaired) electrons. The quantitative estimate of drug-likeness (QED) is 0.861. The van der Waals surface area contributed by atoms with Crippen LogP contribution in [0.3, 0.4) is 0 Å². The second-order valence-corrected chi connectivity index (χ2v) is 5.76. The third-order valence-electron chi connectivity index (χ3n) is 2.38. The summed E-state index contributed by atoms with van der Waals surface area (Å²) in [4.78, 5) is 4.50. The first-order chi connectivity index (χ1) is 8.15. The number of thiazole rings is 1. The van der Waals surface area contributed by atoms with E-state index in [1.807, 2.05) is 25.1 Å². The van der Waals surface area contributed by atoms with Crippen LogP contribution in [-0.2, 0) is 0 Å². The molecule has 0 bridgehead atoms. The summed E-state index contributed by atoms with van der Waals surface area (Å²) in [6, 6.07) is 5.69. The van der Waals surface area contributed by atoms with Gasteiger partial charge in [0.05, 0.1) is 29.3 Å². The fraction of sp³-hybridized carbons (Fsp3) is 0.250. The highest BCUT2D eigenvalue weighted by Crippen LogP contribution is 2.38. The van der Waals surface area contributed by atoms with Crippen molar-refractivity contribution in [1.29, 1.82) is 0 Å². The minimum absolute atomic E-state index is 0.796. The molecule has 0 aliphatic carbocycles. The van der Waals surface area contributed by atoms with E-state index in [-0.39, 0.29) is 0 Å². The molecule has 2 aromatic rings. The lowest BCUT2D eigenvalue weighted by molar-refractivity contribution is 0.404. The Bertz CT molecular complexity index is 520. The van der Waals surface area contributed by atoms with Crippen molar-refractivity contribution in [3.8, 4) is 22.1 Å². The maximum Gasteiger partial charge on any atom is 0.129 e. The summed E-state index contributed by atoms with van der Waals surface area (Å²) >= 11 is 5.07. The molecule has 90 valence electrons. The first-order valence-corrected chi connectivity index (χ1v) is 6.62.